The predicted octanol–water partition coefficient (Wildman–Crippen LogP) is 5.16. The lowest BCUT2D eigenvalue weighted by Gasteiger charge is -2.14. The Bertz CT molecular complexity index is 787. The molecule has 0 radical (unpaired) electrons. The lowest BCUT2D eigenvalue weighted by atomic mass is 10.1. The van der Waals surface area contributed by atoms with Gasteiger partial charge in [-0.05, 0) is 24.6 Å². The molecule has 0 aromatic heterocycles. The van der Waals surface area contributed by atoms with Gasteiger partial charge in [-0.3, -0.25) is 9.59 Å². The summed E-state index contributed by atoms with van der Waals surface area (Å²) in [6, 6.07) is 12.6. The second-order valence-electron chi connectivity index (χ2n) is 5.32. The van der Waals surface area contributed by atoms with Crippen molar-refractivity contribution in [3.8, 4) is 0 Å². The standard InChI is InChI=1S/C18H16Cl3NO3S/c1-11(12-5-3-2-4-6-12)22-15(23)9-25-16(24)10-26-14-8-7-13(19)17(20)18(14)21/h2-8,11H,9-10H2,1H3,(H,22,23). The Morgan fingerprint density at radius 3 is 2.46 bits per heavy atom. The van der Waals surface area contributed by atoms with Crippen LogP contribution in [0.2, 0.25) is 15.1 Å². The van der Waals surface area contributed by atoms with Crippen LogP contribution in [0.15, 0.2) is 47.4 Å². The van der Waals surface area contributed by atoms with Crippen LogP contribution in [0.1, 0.15) is 18.5 Å². The van der Waals surface area contributed by atoms with E-state index >= 15 is 0 Å². The smallest absolute Gasteiger partial charge is 0.316 e. The molecule has 0 aliphatic heterocycles. The lowest BCUT2D eigenvalue weighted by Crippen LogP contribution is -2.31. The van der Waals surface area contributed by atoms with E-state index in [0.717, 1.165) is 17.3 Å². The number of nitrogens with one attached hydrogen (secondary N) is 1. The first-order chi connectivity index (χ1) is 12.4. The molecule has 0 spiro atoms. The molecule has 1 N–H and O–H groups in total. The van der Waals surface area contributed by atoms with E-state index in [9.17, 15) is 9.59 Å². The molecule has 0 fully saturated rings. The molecule has 2 aromatic rings. The summed E-state index contributed by atoms with van der Waals surface area (Å²) < 4.78 is 4.98. The molecule has 2 aromatic carbocycles. The highest BCUT2D eigenvalue weighted by Crippen LogP contribution is 2.37. The Kier molecular flexibility index (Phi) is 8.10. The summed E-state index contributed by atoms with van der Waals surface area (Å²) >= 11 is 19.0. The minimum atomic E-state index is -0.528. The third-order valence-corrected chi connectivity index (χ3v) is 5.82. The summed E-state index contributed by atoms with van der Waals surface area (Å²) in [6.07, 6.45) is 0. The molecule has 0 aliphatic carbocycles. The first kappa shape index (κ1) is 20.9. The van der Waals surface area contributed by atoms with Gasteiger partial charge in [0.05, 0.1) is 26.9 Å². The van der Waals surface area contributed by atoms with Gasteiger partial charge >= 0.3 is 5.97 Å². The fraction of sp³-hybridized carbons (Fsp3) is 0.222. The maximum Gasteiger partial charge on any atom is 0.316 e. The van der Waals surface area contributed by atoms with Crippen LogP contribution in [0.5, 0.6) is 0 Å². The van der Waals surface area contributed by atoms with Crippen LogP contribution >= 0.6 is 46.6 Å². The monoisotopic (exact) mass is 431 g/mol. The highest BCUT2D eigenvalue weighted by molar-refractivity contribution is 8.00. The summed E-state index contributed by atoms with van der Waals surface area (Å²) in [7, 11) is 0. The van der Waals surface area contributed by atoms with Gasteiger partial charge in [-0.15, -0.1) is 11.8 Å². The van der Waals surface area contributed by atoms with Crippen molar-refractivity contribution in [2.24, 2.45) is 0 Å². The molecule has 26 heavy (non-hydrogen) atoms. The summed E-state index contributed by atoms with van der Waals surface area (Å²) in [5.41, 5.74) is 0.969. The first-order valence-electron chi connectivity index (χ1n) is 7.64. The van der Waals surface area contributed by atoms with Crippen molar-refractivity contribution in [3.05, 3.63) is 63.1 Å². The third kappa shape index (κ3) is 6.09. The van der Waals surface area contributed by atoms with Crippen LogP contribution in [0.4, 0.5) is 0 Å². The van der Waals surface area contributed by atoms with Gasteiger partial charge in [-0.2, -0.15) is 0 Å². The van der Waals surface area contributed by atoms with Crippen molar-refractivity contribution in [1.82, 2.24) is 5.32 Å². The Labute approximate surface area is 171 Å². The van der Waals surface area contributed by atoms with Crippen LogP contribution in [-0.4, -0.2) is 24.2 Å². The number of carbonyl (C=O) groups excluding carboxylic acids is 2. The fourth-order valence-corrected chi connectivity index (χ4v) is 3.56. The lowest BCUT2D eigenvalue weighted by molar-refractivity contribution is -0.146. The van der Waals surface area contributed by atoms with Gasteiger partial charge in [0.15, 0.2) is 6.61 Å². The largest absolute Gasteiger partial charge is 0.455 e. The number of carbonyl (C=O) groups is 2. The van der Waals surface area contributed by atoms with Crippen molar-refractivity contribution in [3.63, 3.8) is 0 Å². The Morgan fingerprint density at radius 1 is 1.08 bits per heavy atom. The highest BCUT2D eigenvalue weighted by Gasteiger charge is 2.14. The molecule has 0 bridgehead atoms. The van der Waals surface area contributed by atoms with Crippen molar-refractivity contribution in [2.75, 3.05) is 12.4 Å². The van der Waals surface area contributed by atoms with Gasteiger partial charge in [-0.1, -0.05) is 65.1 Å². The van der Waals surface area contributed by atoms with Crippen molar-refractivity contribution in [2.45, 2.75) is 17.9 Å². The summed E-state index contributed by atoms with van der Waals surface area (Å²) in [5, 5.41) is 3.63. The normalized spacial score (nSPS) is 11.7. The number of amides is 1. The molecule has 1 unspecified atom stereocenters. The highest BCUT2D eigenvalue weighted by atomic mass is 35.5. The van der Waals surface area contributed by atoms with Gasteiger partial charge in [-0.25, -0.2) is 0 Å². The number of hydrogen-bond donors (Lipinski definition) is 1. The molecule has 1 amide bonds. The molecular weight excluding hydrogens is 417 g/mol. The van der Waals surface area contributed by atoms with Gasteiger partial charge < -0.3 is 10.1 Å². The van der Waals surface area contributed by atoms with Gasteiger partial charge in [0.25, 0.3) is 5.91 Å². The van der Waals surface area contributed by atoms with Gasteiger partial charge in [0.1, 0.15) is 0 Å². The van der Waals surface area contributed by atoms with E-state index < -0.39 is 5.97 Å². The zero-order valence-corrected chi connectivity index (χ0v) is 16.9. The van der Waals surface area contributed by atoms with Crippen molar-refractivity contribution >= 4 is 58.4 Å². The van der Waals surface area contributed by atoms with Gasteiger partial charge in [0.2, 0.25) is 0 Å². The zero-order chi connectivity index (χ0) is 19.1. The summed E-state index contributed by atoms with van der Waals surface area (Å²) in [4.78, 5) is 24.3. The Morgan fingerprint density at radius 2 is 1.77 bits per heavy atom. The quantitative estimate of drug-likeness (QED) is 0.373. The fourth-order valence-electron chi connectivity index (χ4n) is 2.05. The molecule has 138 valence electrons. The number of ether oxygens (including phenoxy) is 1. The molecule has 8 heteroatoms. The average molecular weight is 433 g/mol. The molecule has 0 heterocycles. The van der Waals surface area contributed by atoms with Crippen LogP contribution in [0, 0.1) is 0 Å². The van der Waals surface area contributed by atoms with Crippen molar-refractivity contribution < 1.29 is 14.3 Å². The number of benzene rings is 2. The number of hydrogen-bond acceptors (Lipinski definition) is 4. The van der Waals surface area contributed by atoms with E-state index in [4.69, 9.17) is 39.5 Å². The maximum absolute atomic E-state index is 11.9. The second kappa shape index (κ2) is 10.1. The topological polar surface area (TPSA) is 55.4 Å². The van der Waals surface area contributed by atoms with E-state index in [1.165, 1.54) is 0 Å². The van der Waals surface area contributed by atoms with E-state index in [1.54, 1.807) is 12.1 Å². The number of halogens is 3. The molecule has 0 saturated heterocycles. The first-order valence-corrected chi connectivity index (χ1v) is 9.76. The number of thioether (sulfide) groups is 1. The molecule has 2 rings (SSSR count). The Hall–Kier alpha value is -1.40. The Balaban J connectivity index is 1.76. The van der Waals surface area contributed by atoms with Crippen LogP contribution in [-0.2, 0) is 14.3 Å². The molecular formula is C18H16Cl3NO3S. The zero-order valence-electron chi connectivity index (χ0n) is 13.8. The molecule has 4 nitrogen and oxygen atoms in total. The average Bonchev–Trinajstić information content (AvgIpc) is 2.64. The third-order valence-electron chi connectivity index (χ3n) is 3.39. The molecule has 0 saturated carbocycles. The number of rotatable bonds is 7. The van der Waals surface area contributed by atoms with E-state index in [1.807, 2.05) is 37.3 Å². The second-order valence-corrected chi connectivity index (χ2v) is 7.50. The predicted molar refractivity (Wildman–Crippen MR) is 106 cm³/mol. The SMILES string of the molecule is CC(NC(=O)COC(=O)CSc1ccc(Cl)c(Cl)c1Cl)c1ccccc1. The van der Waals surface area contributed by atoms with Gasteiger partial charge in [0, 0.05) is 4.90 Å². The van der Waals surface area contributed by atoms with Crippen LogP contribution in [0.3, 0.4) is 0 Å². The molecule has 1 atom stereocenters. The van der Waals surface area contributed by atoms with E-state index in [2.05, 4.69) is 5.32 Å². The van der Waals surface area contributed by atoms with Crippen molar-refractivity contribution in [1.29, 1.82) is 0 Å². The minimum absolute atomic E-state index is 0.000794. The summed E-state index contributed by atoms with van der Waals surface area (Å²) in [5.74, 6) is -0.897. The van der Waals surface area contributed by atoms with E-state index in [0.29, 0.717) is 9.92 Å². The van der Waals surface area contributed by atoms with Crippen LogP contribution in [0.25, 0.3) is 0 Å². The maximum atomic E-state index is 11.9. The van der Waals surface area contributed by atoms with E-state index in [-0.39, 0.29) is 34.4 Å². The minimum Gasteiger partial charge on any atom is -0.455 e. The van der Waals surface area contributed by atoms with Crippen LogP contribution < -0.4 is 5.32 Å². The number of esters is 1. The molecule has 0 aliphatic rings. The summed E-state index contributed by atoms with van der Waals surface area (Å²) in [6.45, 7) is 1.52.